The van der Waals surface area contributed by atoms with Gasteiger partial charge in [-0.3, -0.25) is 24.3 Å². The Labute approximate surface area is 269 Å². The van der Waals surface area contributed by atoms with Crippen molar-refractivity contribution < 1.29 is 14.4 Å². The lowest BCUT2D eigenvalue weighted by Crippen LogP contribution is -2.70. The van der Waals surface area contributed by atoms with E-state index in [2.05, 4.69) is 57.5 Å². The minimum Gasteiger partial charge on any atom is -0.306 e. The molecule has 242 valence electrons. The van der Waals surface area contributed by atoms with Crippen LogP contribution in [0.25, 0.3) is 0 Å². The maximum absolute atomic E-state index is 14.9. The molecular formula is C38H52N4O3. The summed E-state index contributed by atoms with van der Waals surface area (Å²) in [6.07, 6.45) is 13.6. The van der Waals surface area contributed by atoms with Crippen LogP contribution in [0, 0.1) is 56.2 Å². The molecule has 45 heavy (non-hydrogen) atoms. The molecule has 0 aromatic carbocycles. The standard InChI is InChI=1S/C38H52N4O3/c1-32(2)11-13-38(42-23-40-37(31(42)45)15-17-41(8)18-16-37)14-12-36(7)29(25(38)21-32)26(43)19-28-34(5)20-24(22-39)30(44)33(3,4)27(34)9-10-35(28,36)6/h19-20,23,25,27,29H,9-18,21H2,1-8H3/t25-,27-,29-,34-,35+,36+,38-/m0/s1. The molecule has 7 aliphatic rings. The first-order chi connectivity index (χ1) is 20.9. The molecule has 2 heterocycles. The van der Waals surface area contributed by atoms with Gasteiger partial charge in [0, 0.05) is 29.8 Å². The maximum atomic E-state index is 14.9. The van der Waals surface area contributed by atoms with Crippen molar-refractivity contribution in [2.24, 2.45) is 49.8 Å². The monoisotopic (exact) mass is 612 g/mol. The lowest BCUT2D eigenvalue weighted by molar-refractivity contribution is -0.176. The summed E-state index contributed by atoms with van der Waals surface area (Å²) < 4.78 is 0. The number of fused-ring (bicyclic) bond motifs is 7. The van der Waals surface area contributed by atoms with Gasteiger partial charge in [-0.25, -0.2) is 0 Å². The molecular weight excluding hydrogens is 560 g/mol. The van der Waals surface area contributed by atoms with Crippen LogP contribution in [0.4, 0.5) is 0 Å². The van der Waals surface area contributed by atoms with Crippen molar-refractivity contribution in [1.29, 1.82) is 5.26 Å². The van der Waals surface area contributed by atoms with Crippen molar-refractivity contribution in [2.75, 3.05) is 20.1 Å². The average Bonchev–Trinajstić information content (AvgIpc) is 3.29. The van der Waals surface area contributed by atoms with Crippen LogP contribution < -0.4 is 0 Å². The van der Waals surface area contributed by atoms with Crippen molar-refractivity contribution in [3.8, 4) is 6.07 Å². The fraction of sp³-hybridized carbons (Fsp3) is 0.763. The molecule has 0 N–H and O–H groups in total. The molecule has 1 saturated heterocycles. The third-order valence-electron chi connectivity index (χ3n) is 15.1. The normalized spacial score (nSPS) is 44.7. The molecule has 1 amide bonds. The van der Waals surface area contributed by atoms with Gasteiger partial charge in [0.1, 0.15) is 11.6 Å². The molecule has 0 unspecified atom stereocenters. The highest BCUT2D eigenvalue weighted by Gasteiger charge is 2.71. The molecule has 5 aliphatic carbocycles. The number of hydrogen-bond donors (Lipinski definition) is 0. The third kappa shape index (κ3) is 3.78. The summed E-state index contributed by atoms with van der Waals surface area (Å²) in [4.78, 5) is 52.1. The molecule has 0 aromatic rings. The number of rotatable bonds is 1. The van der Waals surface area contributed by atoms with E-state index in [0.717, 1.165) is 76.5 Å². The smallest absolute Gasteiger partial charge is 0.256 e. The molecule has 7 atom stereocenters. The minimum absolute atomic E-state index is 0.0299. The number of Topliss-reactive ketones (excluding diaryl/α,β-unsaturated/α-hetero) is 1. The zero-order valence-corrected chi connectivity index (χ0v) is 28.8. The Morgan fingerprint density at radius 1 is 0.911 bits per heavy atom. The number of carbonyl (C=O) groups excluding carboxylic acids is 3. The Morgan fingerprint density at radius 2 is 1.58 bits per heavy atom. The van der Waals surface area contributed by atoms with Gasteiger partial charge in [0.15, 0.2) is 11.6 Å². The number of nitrogens with zero attached hydrogens (tertiary/aromatic N) is 4. The first kappa shape index (κ1) is 31.0. The summed E-state index contributed by atoms with van der Waals surface area (Å²) in [5.41, 5.74) is -1.42. The van der Waals surface area contributed by atoms with Gasteiger partial charge in [-0.05, 0) is 99.0 Å². The fourth-order valence-electron chi connectivity index (χ4n) is 12.2. The molecule has 0 aromatic heterocycles. The van der Waals surface area contributed by atoms with Crippen molar-refractivity contribution in [1.82, 2.24) is 9.80 Å². The highest BCUT2D eigenvalue weighted by atomic mass is 16.2. The minimum atomic E-state index is -0.675. The molecule has 0 radical (unpaired) electrons. The fourth-order valence-corrected chi connectivity index (χ4v) is 12.2. The molecule has 7 rings (SSSR count). The van der Waals surface area contributed by atoms with Gasteiger partial charge < -0.3 is 4.90 Å². The predicted octanol–water partition coefficient (Wildman–Crippen LogP) is 6.29. The van der Waals surface area contributed by atoms with E-state index in [1.165, 1.54) is 0 Å². The Kier molecular flexibility index (Phi) is 6.39. The zero-order chi connectivity index (χ0) is 32.6. The average molecular weight is 613 g/mol. The number of piperidine rings is 1. The van der Waals surface area contributed by atoms with E-state index in [4.69, 9.17) is 4.99 Å². The number of carbonyl (C=O) groups is 3. The second kappa shape index (κ2) is 9.27. The highest BCUT2D eigenvalue weighted by Crippen LogP contribution is 2.74. The summed E-state index contributed by atoms with van der Waals surface area (Å²) in [5, 5.41) is 10.0. The topological polar surface area (TPSA) is 93.8 Å². The van der Waals surface area contributed by atoms with Crippen molar-refractivity contribution in [3.05, 3.63) is 23.3 Å². The Bertz CT molecular complexity index is 1520. The highest BCUT2D eigenvalue weighted by molar-refractivity contribution is 6.05. The maximum Gasteiger partial charge on any atom is 0.256 e. The van der Waals surface area contributed by atoms with Gasteiger partial charge in [0.25, 0.3) is 5.91 Å². The van der Waals surface area contributed by atoms with Crippen LogP contribution in [0.3, 0.4) is 0 Å². The number of likely N-dealkylation sites (tertiary alicyclic amines) is 1. The zero-order valence-electron chi connectivity index (χ0n) is 28.8. The molecule has 0 bridgehead atoms. The Hall–Kier alpha value is -2.59. The van der Waals surface area contributed by atoms with Gasteiger partial charge in [-0.15, -0.1) is 0 Å². The first-order valence-corrected chi connectivity index (χ1v) is 17.4. The summed E-state index contributed by atoms with van der Waals surface area (Å²) in [6, 6.07) is 2.21. The number of amides is 1. The lowest BCUT2D eigenvalue weighted by Gasteiger charge is -2.70. The quantitative estimate of drug-likeness (QED) is 0.347. The number of aliphatic imine (C=N–C) groups is 1. The van der Waals surface area contributed by atoms with E-state index < -0.39 is 21.9 Å². The second-order valence-electron chi connectivity index (χ2n) is 18.1. The van der Waals surface area contributed by atoms with Crippen molar-refractivity contribution in [2.45, 2.75) is 117 Å². The van der Waals surface area contributed by atoms with Gasteiger partial charge >= 0.3 is 0 Å². The van der Waals surface area contributed by atoms with Crippen LogP contribution in [-0.2, 0) is 14.4 Å². The van der Waals surface area contributed by atoms with Crippen LogP contribution in [0.1, 0.15) is 106 Å². The lowest BCUT2D eigenvalue weighted by atomic mass is 9.35. The van der Waals surface area contributed by atoms with Crippen molar-refractivity contribution >= 4 is 23.8 Å². The van der Waals surface area contributed by atoms with Crippen molar-refractivity contribution in [3.63, 3.8) is 0 Å². The predicted molar refractivity (Wildman–Crippen MR) is 174 cm³/mol. The molecule has 1 spiro atoms. The van der Waals surface area contributed by atoms with Crippen LogP contribution >= 0.6 is 0 Å². The Balaban J connectivity index is 1.34. The van der Waals surface area contributed by atoms with E-state index in [9.17, 15) is 19.6 Å². The first-order valence-electron chi connectivity index (χ1n) is 17.4. The van der Waals surface area contributed by atoms with Crippen LogP contribution in [0.15, 0.2) is 28.3 Å². The van der Waals surface area contributed by atoms with E-state index in [0.29, 0.717) is 0 Å². The van der Waals surface area contributed by atoms with E-state index >= 15 is 0 Å². The summed E-state index contributed by atoms with van der Waals surface area (Å²) in [6.45, 7) is 17.3. The summed E-state index contributed by atoms with van der Waals surface area (Å²) in [7, 11) is 2.11. The summed E-state index contributed by atoms with van der Waals surface area (Å²) >= 11 is 0. The van der Waals surface area contributed by atoms with Gasteiger partial charge in [-0.2, -0.15) is 5.26 Å². The number of allylic oxidation sites excluding steroid dienone is 4. The third-order valence-corrected chi connectivity index (χ3v) is 15.1. The number of ketones is 2. The SMILES string of the molecule is CN1CCC2(CC1)N=CN([C@]13CCC(C)(C)C[C@H]1[C@H]1C(=O)C=C4[C@@]5(C)C=C(C#N)C(=O)C(C)(C)[C@@H]5CC[C@@]4(C)[C@]1(C)CC3)C2=O. The summed E-state index contributed by atoms with van der Waals surface area (Å²) in [5.74, 6) is 0.131. The molecule has 7 nitrogen and oxygen atoms in total. The number of nitriles is 1. The van der Waals surface area contributed by atoms with E-state index in [-0.39, 0.29) is 57.0 Å². The number of hydrogen-bond acceptors (Lipinski definition) is 6. The molecule has 4 fully saturated rings. The van der Waals surface area contributed by atoms with Crippen LogP contribution in [0.2, 0.25) is 0 Å². The molecule has 7 heteroatoms. The van der Waals surface area contributed by atoms with E-state index in [1.54, 1.807) is 0 Å². The largest absolute Gasteiger partial charge is 0.306 e. The second-order valence-corrected chi connectivity index (χ2v) is 18.1. The van der Waals surface area contributed by atoms with E-state index in [1.807, 2.05) is 32.3 Å². The van der Waals surface area contributed by atoms with Gasteiger partial charge in [0.05, 0.1) is 17.5 Å². The van der Waals surface area contributed by atoms with Gasteiger partial charge in [0.2, 0.25) is 0 Å². The van der Waals surface area contributed by atoms with Crippen LogP contribution in [-0.4, -0.2) is 64.8 Å². The Morgan fingerprint density at radius 3 is 2.24 bits per heavy atom. The molecule has 3 saturated carbocycles. The molecule has 2 aliphatic heterocycles. The van der Waals surface area contributed by atoms with Crippen LogP contribution in [0.5, 0.6) is 0 Å². The van der Waals surface area contributed by atoms with Gasteiger partial charge in [-0.1, -0.05) is 60.1 Å².